The molecule has 1 fully saturated rings. The van der Waals surface area contributed by atoms with Crippen LogP contribution in [0.5, 0.6) is 0 Å². The van der Waals surface area contributed by atoms with E-state index in [1.165, 1.54) is 35.7 Å². The summed E-state index contributed by atoms with van der Waals surface area (Å²) in [7, 11) is 0. The van der Waals surface area contributed by atoms with Gasteiger partial charge in [-0.1, -0.05) is 48.3 Å². The third-order valence-electron chi connectivity index (χ3n) is 3.55. The Bertz CT molecular complexity index is 324. The first-order valence-electron chi connectivity index (χ1n) is 5.82. The van der Waals surface area contributed by atoms with Gasteiger partial charge in [0.1, 0.15) is 0 Å². The van der Waals surface area contributed by atoms with Gasteiger partial charge in [-0.05, 0) is 48.3 Å². The molecule has 0 radical (unpaired) electrons. The average molecular weight is 267 g/mol. The summed E-state index contributed by atoms with van der Waals surface area (Å²) in [6.45, 7) is 4.80. The zero-order valence-corrected chi connectivity index (χ0v) is 11.2. The van der Waals surface area contributed by atoms with Crippen molar-refractivity contribution in [2.24, 2.45) is 5.41 Å². The second-order valence-electron chi connectivity index (χ2n) is 5.51. The van der Waals surface area contributed by atoms with Gasteiger partial charge in [-0.25, -0.2) is 0 Å². The molecule has 0 heterocycles. The average Bonchev–Trinajstić information content (AvgIpc) is 2.17. The zero-order chi connectivity index (χ0) is 10.9. The molecule has 0 spiro atoms. The summed E-state index contributed by atoms with van der Waals surface area (Å²) in [6, 6.07) is 8.88. The molecule has 2 rings (SSSR count). The summed E-state index contributed by atoms with van der Waals surface area (Å²) < 4.78 is 1.18. The molecule has 0 N–H and O–H groups in total. The van der Waals surface area contributed by atoms with Crippen LogP contribution in [0.1, 0.15) is 51.0 Å². The topological polar surface area (TPSA) is 0 Å². The Morgan fingerprint density at radius 3 is 2.47 bits per heavy atom. The van der Waals surface area contributed by atoms with Crippen molar-refractivity contribution in [2.75, 3.05) is 0 Å². The van der Waals surface area contributed by atoms with Crippen LogP contribution in [0.15, 0.2) is 28.7 Å². The van der Waals surface area contributed by atoms with Gasteiger partial charge in [0.25, 0.3) is 0 Å². The molecular formula is C14H19Br. The molecule has 0 bridgehead atoms. The molecule has 0 amide bonds. The van der Waals surface area contributed by atoms with Gasteiger partial charge in [-0.2, -0.15) is 0 Å². The van der Waals surface area contributed by atoms with Crippen LogP contribution in [-0.4, -0.2) is 0 Å². The highest BCUT2D eigenvalue weighted by Crippen LogP contribution is 2.43. The van der Waals surface area contributed by atoms with E-state index >= 15 is 0 Å². The van der Waals surface area contributed by atoms with E-state index in [1.54, 1.807) is 0 Å². The van der Waals surface area contributed by atoms with Crippen molar-refractivity contribution in [3.05, 3.63) is 34.3 Å². The normalized spacial score (nSPS) is 25.1. The van der Waals surface area contributed by atoms with Gasteiger partial charge >= 0.3 is 0 Å². The minimum atomic E-state index is 0.538. The van der Waals surface area contributed by atoms with Crippen molar-refractivity contribution < 1.29 is 0 Å². The Morgan fingerprint density at radius 1 is 1.20 bits per heavy atom. The SMILES string of the molecule is CC1(C)CCCC(c2ccc(Br)cc2)C1. The Balaban J connectivity index is 2.13. The number of hydrogen-bond donors (Lipinski definition) is 0. The fraction of sp³-hybridized carbons (Fsp3) is 0.571. The first-order valence-corrected chi connectivity index (χ1v) is 6.62. The van der Waals surface area contributed by atoms with E-state index in [1.807, 2.05) is 0 Å². The van der Waals surface area contributed by atoms with Crippen molar-refractivity contribution in [3.8, 4) is 0 Å². The van der Waals surface area contributed by atoms with Gasteiger partial charge in [0.05, 0.1) is 0 Å². The lowest BCUT2D eigenvalue weighted by Crippen LogP contribution is -2.21. The molecular weight excluding hydrogens is 248 g/mol. The van der Waals surface area contributed by atoms with Crippen LogP contribution in [0, 0.1) is 5.41 Å². The van der Waals surface area contributed by atoms with Gasteiger partial charge in [0.2, 0.25) is 0 Å². The molecule has 1 unspecified atom stereocenters. The van der Waals surface area contributed by atoms with Crippen LogP contribution < -0.4 is 0 Å². The standard InChI is InChI=1S/C14H19Br/c1-14(2)9-3-4-12(10-14)11-5-7-13(15)8-6-11/h5-8,12H,3-4,9-10H2,1-2H3. The highest BCUT2D eigenvalue weighted by Gasteiger charge is 2.28. The first-order chi connectivity index (χ1) is 7.07. The molecule has 15 heavy (non-hydrogen) atoms. The molecule has 1 saturated carbocycles. The van der Waals surface area contributed by atoms with E-state index in [0.717, 1.165) is 5.92 Å². The van der Waals surface area contributed by atoms with Crippen LogP contribution >= 0.6 is 15.9 Å². The molecule has 1 aromatic carbocycles. The number of halogens is 1. The van der Waals surface area contributed by atoms with Crippen LogP contribution in [0.25, 0.3) is 0 Å². The Morgan fingerprint density at radius 2 is 1.87 bits per heavy atom. The van der Waals surface area contributed by atoms with E-state index in [2.05, 4.69) is 54.0 Å². The molecule has 1 aliphatic carbocycles. The monoisotopic (exact) mass is 266 g/mol. The van der Waals surface area contributed by atoms with E-state index < -0.39 is 0 Å². The quantitative estimate of drug-likeness (QED) is 0.661. The molecule has 1 aliphatic rings. The summed E-state index contributed by atoms with van der Waals surface area (Å²) in [4.78, 5) is 0. The Kier molecular flexibility index (Phi) is 3.20. The van der Waals surface area contributed by atoms with E-state index in [-0.39, 0.29) is 0 Å². The molecule has 1 atom stereocenters. The van der Waals surface area contributed by atoms with Gasteiger partial charge in [-0.3, -0.25) is 0 Å². The maximum atomic E-state index is 3.49. The molecule has 82 valence electrons. The van der Waals surface area contributed by atoms with Gasteiger partial charge in [0.15, 0.2) is 0 Å². The second-order valence-corrected chi connectivity index (χ2v) is 6.42. The summed E-state index contributed by atoms with van der Waals surface area (Å²) >= 11 is 3.49. The molecule has 1 aromatic rings. The third-order valence-corrected chi connectivity index (χ3v) is 4.08. The highest BCUT2D eigenvalue weighted by molar-refractivity contribution is 9.10. The predicted molar refractivity (Wildman–Crippen MR) is 69.1 cm³/mol. The lowest BCUT2D eigenvalue weighted by molar-refractivity contribution is 0.219. The maximum absolute atomic E-state index is 3.49. The zero-order valence-electron chi connectivity index (χ0n) is 9.59. The first kappa shape index (κ1) is 11.2. The minimum Gasteiger partial charge on any atom is -0.0599 e. The van der Waals surface area contributed by atoms with Gasteiger partial charge in [-0.15, -0.1) is 0 Å². The number of benzene rings is 1. The smallest absolute Gasteiger partial charge is 0.0175 e. The van der Waals surface area contributed by atoms with Crippen molar-refractivity contribution >= 4 is 15.9 Å². The van der Waals surface area contributed by atoms with Crippen molar-refractivity contribution in [3.63, 3.8) is 0 Å². The Labute approximate surface area is 101 Å². The molecule has 1 heteroatoms. The number of rotatable bonds is 1. The fourth-order valence-corrected chi connectivity index (χ4v) is 2.98. The van der Waals surface area contributed by atoms with Crippen LogP contribution in [0.3, 0.4) is 0 Å². The summed E-state index contributed by atoms with van der Waals surface area (Å²) in [5.41, 5.74) is 2.06. The summed E-state index contributed by atoms with van der Waals surface area (Å²) in [5, 5.41) is 0. The molecule has 0 saturated heterocycles. The van der Waals surface area contributed by atoms with Crippen LogP contribution in [-0.2, 0) is 0 Å². The molecule has 0 aromatic heterocycles. The molecule has 0 nitrogen and oxygen atoms in total. The minimum absolute atomic E-state index is 0.538. The highest BCUT2D eigenvalue weighted by atomic mass is 79.9. The summed E-state index contributed by atoms with van der Waals surface area (Å²) in [5.74, 6) is 0.779. The van der Waals surface area contributed by atoms with E-state index in [9.17, 15) is 0 Å². The van der Waals surface area contributed by atoms with Gasteiger partial charge < -0.3 is 0 Å². The van der Waals surface area contributed by atoms with E-state index in [4.69, 9.17) is 0 Å². The molecule has 0 aliphatic heterocycles. The van der Waals surface area contributed by atoms with Crippen LogP contribution in [0.2, 0.25) is 0 Å². The fourth-order valence-electron chi connectivity index (χ4n) is 2.72. The van der Waals surface area contributed by atoms with Crippen LogP contribution in [0.4, 0.5) is 0 Å². The maximum Gasteiger partial charge on any atom is 0.0175 e. The lowest BCUT2D eigenvalue weighted by Gasteiger charge is -2.35. The third kappa shape index (κ3) is 2.84. The number of hydrogen-bond acceptors (Lipinski definition) is 0. The van der Waals surface area contributed by atoms with E-state index in [0.29, 0.717) is 5.41 Å². The Hall–Kier alpha value is -0.300. The van der Waals surface area contributed by atoms with Crippen molar-refractivity contribution in [2.45, 2.75) is 45.4 Å². The van der Waals surface area contributed by atoms with Gasteiger partial charge in [0, 0.05) is 4.47 Å². The van der Waals surface area contributed by atoms with Crippen molar-refractivity contribution in [1.82, 2.24) is 0 Å². The van der Waals surface area contributed by atoms with Crippen molar-refractivity contribution in [1.29, 1.82) is 0 Å². The summed E-state index contributed by atoms with van der Waals surface area (Å²) in [6.07, 6.45) is 5.48. The second kappa shape index (κ2) is 4.29. The largest absolute Gasteiger partial charge is 0.0599 e. The predicted octanol–water partition coefficient (Wildman–Crippen LogP) is 5.13. The lowest BCUT2D eigenvalue weighted by atomic mass is 9.70.